The number of hydrogen-bond acceptors (Lipinski definition) is 2. The van der Waals surface area contributed by atoms with E-state index in [-0.39, 0.29) is 0 Å². The molecule has 2 rings (SSSR count). The summed E-state index contributed by atoms with van der Waals surface area (Å²) in [7, 11) is 0. The average molecular weight is 142 g/mol. The second-order valence-electron chi connectivity index (χ2n) is 3.58. The highest BCUT2D eigenvalue weighted by molar-refractivity contribution is 4.96. The zero-order valence-corrected chi connectivity index (χ0v) is 6.29. The molecule has 0 aromatic heterocycles. The zero-order chi connectivity index (χ0) is 7.14. The van der Waals surface area contributed by atoms with E-state index < -0.39 is 6.29 Å². The van der Waals surface area contributed by atoms with Gasteiger partial charge in [0.25, 0.3) is 0 Å². The molecule has 2 heteroatoms. The Hall–Kier alpha value is -0.0800. The van der Waals surface area contributed by atoms with Crippen LogP contribution in [0.5, 0.6) is 0 Å². The zero-order valence-electron chi connectivity index (χ0n) is 6.29. The lowest BCUT2D eigenvalue weighted by Gasteiger charge is -2.14. The molecule has 10 heavy (non-hydrogen) atoms. The van der Waals surface area contributed by atoms with Gasteiger partial charge in [-0.2, -0.15) is 0 Å². The van der Waals surface area contributed by atoms with E-state index in [1.807, 2.05) is 0 Å². The molecule has 2 aliphatic carbocycles. The maximum absolute atomic E-state index is 8.89. The summed E-state index contributed by atoms with van der Waals surface area (Å²) in [6, 6.07) is 0. The minimum absolute atomic E-state index is 0.365. The van der Waals surface area contributed by atoms with Gasteiger partial charge in [-0.3, -0.25) is 0 Å². The summed E-state index contributed by atoms with van der Waals surface area (Å²) >= 11 is 0. The first-order chi connectivity index (χ1) is 4.75. The summed E-state index contributed by atoms with van der Waals surface area (Å²) in [6.07, 6.45) is 3.59. The smallest absolute Gasteiger partial charge is 0.152 e. The molecule has 2 saturated carbocycles. The number of hydrogen-bond donors (Lipinski definition) is 1. The summed E-state index contributed by atoms with van der Waals surface area (Å²) in [6.45, 7) is 1.68. The second kappa shape index (κ2) is 2.21. The van der Waals surface area contributed by atoms with Crippen molar-refractivity contribution in [2.75, 3.05) is 0 Å². The molecule has 3 atom stereocenters. The van der Waals surface area contributed by atoms with Crippen molar-refractivity contribution in [1.82, 2.24) is 0 Å². The Morgan fingerprint density at radius 2 is 1.90 bits per heavy atom. The Kier molecular flexibility index (Phi) is 1.46. The van der Waals surface area contributed by atoms with Crippen LogP contribution in [0.4, 0.5) is 0 Å². The van der Waals surface area contributed by atoms with Crippen molar-refractivity contribution in [1.29, 1.82) is 0 Å². The van der Waals surface area contributed by atoms with Gasteiger partial charge in [0.15, 0.2) is 6.29 Å². The Morgan fingerprint density at radius 3 is 2.40 bits per heavy atom. The summed E-state index contributed by atoms with van der Waals surface area (Å²) < 4.78 is 5.27. The van der Waals surface area contributed by atoms with Gasteiger partial charge in [0, 0.05) is 0 Å². The van der Waals surface area contributed by atoms with Crippen LogP contribution >= 0.6 is 0 Å². The fourth-order valence-corrected chi connectivity index (χ4v) is 2.05. The third-order valence-electron chi connectivity index (χ3n) is 2.59. The molecule has 0 aromatic carbocycles. The Morgan fingerprint density at radius 1 is 1.30 bits per heavy atom. The molecule has 0 saturated heterocycles. The minimum Gasteiger partial charge on any atom is -0.368 e. The summed E-state index contributed by atoms with van der Waals surface area (Å²) in [5, 5.41) is 8.89. The Balaban J connectivity index is 1.76. The van der Waals surface area contributed by atoms with Crippen molar-refractivity contribution in [2.24, 2.45) is 11.8 Å². The molecule has 0 amide bonds. The van der Waals surface area contributed by atoms with Gasteiger partial charge in [-0.05, 0) is 38.0 Å². The van der Waals surface area contributed by atoms with E-state index in [4.69, 9.17) is 9.84 Å². The number of aliphatic hydroxyl groups excluding tert-OH is 1. The Bertz CT molecular complexity index is 123. The highest BCUT2D eigenvalue weighted by atomic mass is 16.6. The fraction of sp³-hybridized carbons (Fsp3) is 1.00. The molecule has 0 bridgehead atoms. The highest BCUT2D eigenvalue weighted by Crippen LogP contribution is 2.52. The quantitative estimate of drug-likeness (QED) is 0.586. The number of rotatable bonds is 2. The van der Waals surface area contributed by atoms with Crippen molar-refractivity contribution in [2.45, 2.75) is 38.6 Å². The number of aliphatic hydroxyl groups is 1. The SMILES string of the molecule is CC(O)OC1CC2CC2C1. The first kappa shape index (κ1) is 6.62. The van der Waals surface area contributed by atoms with Crippen molar-refractivity contribution >= 4 is 0 Å². The van der Waals surface area contributed by atoms with Crippen LogP contribution in [0.1, 0.15) is 26.2 Å². The molecule has 3 unspecified atom stereocenters. The first-order valence-corrected chi connectivity index (χ1v) is 4.09. The molecular weight excluding hydrogens is 128 g/mol. The van der Waals surface area contributed by atoms with Crippen molar-refractivity contribution in [3.63, 3.8) is 0 Å². The lowest BCUT2D eigenvalue weighted by Crippen LogP contribution is -2.17. The van der Waals surface area contributed by atoms with Gasteiger partial charge in [-0.1, -0.05) is 0 Å². The van der Waals surface area contributed by atoms with Crippen LogP contribution in [0.25, 0.3) is 0 Å². The molecule has 1 N–H and O–H groups in total. The standard InChI is InChI=1S/C8H14O2/c1-5(9)10-8-3-6-2-7(6)4-8/h5-9H,2-4H2,1H3. The van der Waals surface area contributed by atoms with E-state index in [2.05, 4.69) is 0 Å². The van der Waals surface area contributed by atoms with Gasteiger partial charge in [0.05, 0.1) is 6.10 Å². The van der Waals surface area contributed by atoms with E-state index in [9.17, 15) is 0 Å². The topological polar surface area (TPSA) is 29.5 Å². The molecule has 2 nitrogen and oxygen atoms in total. The Labute approximate surface area is 61.2 Å². The summed E-state index contributed by atoms with van der Waals surface area (Å²) in [5.41, 5.74) is 0. The maximum Gasteiger partial charge on any atom is 0.152 e. The van der Waals surface area contributed by atoms with Crippen LogP contribution in [-0.4, -0.2) is 17.5 Å². The maximum atomic E-state index is 8.89. The van der Waals surface area contributed by atoms with Gasteiger partial charge >= 0.3 is 0 Å². The van der Waals surface area contributed by atoms with Crippen molar-refractivity contribution in [3.05, 3.63) is 0 Å². The average Bonchev–Trinajstić information content (AvgIpc) is 2.39. The van der Waals surface area contributed by atoms with E-state index in [1.54, 1.807) is 6.92 Å². The molecule has 0 radical (unpaired) electrons. The van der Waals surface area contributed by atoms with Gasteiger partial charge in [0.2, 0.25) is 0 Å². The van der Waals surface area contributed by atoms with Crippen LogP contribution < -0.4 is 0 Å². The molecule has 58 valence electrons. The first-order valence-electron chi connectivity index (χ1n) is 4.09. The van der Waals surface area contributed by atoms with Crippen LogP contribution in [0, 0.1) is 11.8 Å². The van der Waals surface area contributed by atoms with Gasteiger partial charge in [-0.15, -0.1) is 0 Å². The van der Waals surface area contributed by atoms with Crippen LogP contribution in [0.3, 0.4) is 0 Å². The lowest BCUT2D eigenvalue weighted by atomic mass is 10.2. The number of ether oxygens (including phenoxy) is 1. The number of fused-ring (bicyclic) bond motifs is 1. The predicted molar refractivity (Wildman–Crippen MR) is 37.4 cm³/mol. The largest absolute Gasteiger partial charge is 0.368 e. The van der Waals surface area contributed by atoms with Gasteiger partial charge in [0.1, 0.15) is 0 Å². The van der Waals surface area contributed by atoms with Gasteiger partial charge in [-0.25, -0.2) is 0 Å². The highest BCUT2D eigenvalue weighted by Gasteiger charge is 2.46. The van der Waals surface area contributed by atoms with Crippen LogP contribution in [-0.2, 0) is 4.74 Å². The van der Waals surface area contributed by atoms with Crippen molar-refractivity contribution < 1.29 is 9.84 Å². The summed E-state index contributed by atoms with van der Waals surface area (Å²) in [5.74, 6) is 1.90. The van der Waals surface area contributed by atoms with Crippen LogP contribution in [0.2, 0.25) is 0 Å². The summed E-state index contributed by atoms with van der Waals surface area (Å²) in [4.78, 5) is 0. The monoisotopic (exact) mass is 142 g/mol. The molecule has 2 aliphatic rings. The second-order valence-corrected chi connectivity index (χ2v) is 3.58. The molecule has 2 fully saturated rings. The van der Waals surface area contributed by atoms with Gasteiger partial charge < -0.3 is 9.84 Å². The molecule has 0 aromatic rings. The van der Waals surface area contributed by atoms with E-state index >= 15 is 0 Å². The molecule has 0 aliphatic heterocycles. The normalized spacial score (nSPS) is 46.8. The predicted octanol–water partition coefficient (Wildman–Crippen LogP) is 1.14. The van der Waals surface area contributed by atoms with E-state index in [0.29, 0.717) is 6.10 Å². The third-order valence-corrected chi connectivity index (χ3v) is 2.59. The van der Waals surface area contributed by atoms with E-state index in [0.717, 1.165) is 11.8 Å². The fourth-order valence-electron chi connectivity index (χ4n) is 2.05. The van der Waals surface area contributed by atoms with Crippen molar-refractivity contribution in [3.8, 4) is 0 Å². The third kappa shape index (κ3) is 1.18. The minimum atomic E-state index is -0.567. The van der Waals surface area contributed by atoms with E-state index in [1.165, 1.54) is 19.3 Å². The molecule has 0 spiro atoms. The lowest BCUT2D eigenvalue weighted by molar-refractivity contribution is -0.124. The molecule has 0 heterocycles. The van der Waals surface area contributed by atoms with Crippen LogP contribution in [0.15, 0.2) is 0 Å². The molecular formula is C8H14O2.